The van der Waals surface area contributed by atoms with Gasteiger partial charge in [-0.2, -0.15) is 5.21 Å². The first-order valence-electron chi connectivity index (χ1n) is 6.08. The van der Waals surface area contributed by atoms with E-state index in [0.29, 0.717) is 5.76 Å². The largest absolute Gasteiger partial charge is 0.469 e. The number of Topliss-reactive ketones (excluding diaryl/α,β-unsaturated/α-hetero) is 2. The van der Waals surface area contributed by atoms with Crippen LogP contribution in [-0.4, -0.2) is 32.2 Å². The summed E-state index contributed by atoms with van der Waals surface area (Å²) in [5, 5.41) is 12.4. The maximum Gasteiger partial charge on any atom is 0.269 e. The van der Waals surface area contributed by atoms with Crippen LogP contribution in [0.5, 0.6) is 0 Å². The molecule has 0 saturated carbocycles. The Hall–Kier alpha value is -2.31. The number of aromatic amines is 1. The molecule has 2 aromatic rings. The van der Waals surface area contributed by atoms with Gasteiger partial charge in [-0.25, -0.2) is 0 Å². The number of hydrogen-bond donors (Lipinski definition) is 1. The maximum absolute atomic E-state index is 11.8. The molecule has 0 aliphatic heterocycles. The third-order valence-corrected chi connectivity index (χ3v) is 2.76. The molecule has 0 aliphatic rings. The van der Waals surface area contributed by atoms with E-state index in [1.807, 2.05) is 6.07 Å². The summed E-state index contributed by atoms with van der Waals surface area (Å²) in [6.45, 7) is 2.09. The van der Waals surface area contributed by atoms with Crippen LogP contribution in [0.25, 0.3) is 0 Å². The highest BCUT2D eigenvalue weighted by molar-refractivity contribution is 6.42. The van der Waals surface area contributed by atoms with Crippen LogP contribution in [0.3, 0.4) is 0 Å². The van der Waals surface area contributed by atoms with Gasteiger partial charge < -0.3 is 4.42 Å². The molecule has 2 rings (SSSR count). The summed E-state index contributed by atoms with van der Waals surface area (Å²) in [6, 6.07) is 1.83. The Balaban J connectivity index is 2.03. The van der Waals surface area contributed by atoms with Crippen molar-refractivity contribution in [3.05, 3.63) is 29.5 Å². The summed E-state index contributed by atoms with van der Waals surface area (Å²) in [5.41, 5.74) is 0.969. The maximum atomic E-state index is 11.8. The molecule has 0 fully saturated rings. The molecule has 0 amide bonds. The second-order valence-electron chi connectivity index (χ2n) is 4.14. The van der Waals surface area contributed by atoms with E-state index in [-0.39, 0.29) is 12.2 Å². The van der Waals surface area contributed by atoms with Crippen molar-refractivity contribution >= 4 is 11.6 Å². The van der Waals surface area contributed by atoms with E-state index in [2.05, 4.69) is 27.5 Å². The predicted octanol–water partition coefficient (Wildman–Crippen LogP) is 1.13. The number of hydrogen-bond acceptors (Lipinski definition) is 6. The number of unbranched alkanes of at least 4 members (excludes halogenated alkanes) is 1. The van der Waals surface area contributed by atoms with Gasteiger partial charge in [0.05, 0.1) is 12.7 Å². The highest BCUT2D eigenvalue weighted by Crippen LogP contribution is 2.15. The number of aryl methyl sites for hydroxylation is 1. The molecule has 7 nitrogen and oxygen atoms in total. The third kappa shape index (κ3) is 3.12. The topological polar surface area (TPSA) is 102 Å². The first-order valence-corrected chi connectivity index (χ1v) is 6.08. The molecule has 0 radical (unpaired) electrons. The first-order chi connectivity index (χ1) is 9.22. The summed E-state index contributed by atoms with van der Waals surface area (Å²) < 4.78 is 5.26. The van der Waals surface area contributed by atoms with Gasteiger partial charge in [-0.05, 0) is 29.7 Å². The normalized spacial score (nSPS) is 10.6. The van der Waals surface area contributed by atoms with Crippen molar-refractivity contribution in [2.75, 3.05) is 0 Å². The lowest BCUT2D eigenvalue weighted by Gasteiger charge is -2.00. The fraction of sp³-hybridized carbons (Fsp3) is 0.417. The van der Waals surface area contributed by atoms with E-state index in [9.17, 15) is 9.59 Å². The predicted molar refractivity (Wildman–Crippen MR) is 64.5 cm³/mol. The molecular formula is C12H14N4O3. The molecular weight excluding hydrogens is 248 g/mol. The van der Waals surface area contributed by atoms with Gasteiger partial charge in [0.1, 0.15) is 5.76 Å². The van der Waals surface area contributed by atoms with Crippen LogP contribution in [0.4, 0.5) is 0 Å². The van der Waals surface area contributed by atoms with Gasteiger partial charge in [-0.1, -0.05) is 13.3 Å². The van der Waals surface area contributed by atoms with Crippen molar-refractivity contribution < 1.29 is 14.0 Å². The molecule has 0 aromatic carbocycles. The number of furan rings is 1. The number of tetrazole rings is 1. The summed E-state index contributed by atoms with van der Waals surface area (Å²) in [4.78, 5) is 23.5. The molecule has 1 N–H and O–H groups in total. The zero-order valence-corrected chi connectivity index (χ0v) is 10.5. The lowest BCUT2D eigenvalue weighted by molar-refractivity contribution is -0.114. The van der Waals surface area contributed by atoms with Crippen molar-refractivity contribution in [1.82, 2.24) is 20.6 Å². The molecule has 0 spiro atoms. The second-order valence-corrected chi connectivity index (χ2v) is 4.14. The average molecular weight is 262 g/mol. The number of carbonyl (C=O) groups excluding carboxylic acids is 2. The van der Waals surface area contributed by atoms with Gasteiger partial charge in [0, 0.05) is 0 Å². The molecule has 19 heavy (non-hydrogen) atoms. The number of rotatable bonds is 7. The quantitative estimate of drug-likeness (QED) is 0.592. The summed E-state index contributed by atoms with van der Waals surface area (Å²) in [7, 11) is 0. The van der Waals surface area contributed by atoms with Gasteiger partial charge in [-0.3, -0.25) is 9.59 Å². The molecule has 2 aromatic heterocycles. The van der Waals surface area contributed by atoms with Crippen molar-refractivity contribution in [3.8, 4) is 0 Å². The number of nitrogens with one attached hydrogen (secondary N) is 1. The van der Waals surface area contributed by atoms with Gasteiger partial charge in [-0.15, -0.1) is 10.2 Å². The molecule has 0 aliphatic carbocycles. The Morgan fingerprint density at radius 1 is 1.42 bits per heavy atom. The summed E-state index contributed by atoms with van der Waals surface area (Å²) in [6.07, 6.45) is 4.37. The summed E-state index contributed by atoms with van der Waals surface area (Å²) in [5.74, 6) is -1.04. The van der Waals surface area contributed by atoms with Crippen molar-refractivity contribution in [2.45, 2.75) is 32.6 Å². The second kappa shape index (κ2) is 6.03. The van der Waals surface area contributed by atoms with E-state index in [1.54, 1.807) is 0 Å². The van der Waals surface area contributed by atoms with Gasteiger partial charge in [0.25, 0.3) is 5.78 Å². The van der Waals surface area contributed by atoms with Crippen LogP contribution in [0, 0.1) is 0 Å². The average Bonchev–Trinajstić information content (AvgIpc) is 3.07. The van der Waals surface area contributed by atoms with E-state index < -0.39 is 11.6 Å². The Morgan fingerprint density at radius 3 is 2.95 bits per heavy atom. The van der Waals surface area contributed by atoms with Crippen LogP contribution in [0.1, 0.15) is 41.7 Å². The smallest absolute Gasteiger partial charge is 0.269 e. The van der Waals surface area contributed by atoms with Crippen molar-refractivity contribution in [3.63, 3.8) is 0 Å². The van der Waals surface area contributed by atoms with Crippen molar-refractivity contribution in [1.29, 1.82) is 0 Å². The minimum Gasteiger partial charge on any atom is -0.469 e. The van der Waals surface area contributed by atoms with E-state index in [1.165, 1.54) is 6.26 Å². The number of H-pyrrole nitrogens is 1. The van der Waals surface area contributed by atoms with Gasteiger partial charge in [0.2, 0.25) is 11.6 Å². The third-order valence-electron chi connectivity index (χ3n) is 2.76. The van der Waals surface area contributed by atoms with Gasteiger partial charge in [0.15, 0.2) is 0 Å². The number of aromatic nitrogens is 4. The van der Waals surface area contributed by atoms with Crippen LogP contribution >= 0.6 is 0 Å². The molecule has 0 bridgehead atoms. The fourth-order valence-corrected chi connectivity index (χ4v) is 1.72. The Labute approximate surface area is 109 Å². The molecule has 0 atom stereocenters. The summed E-state index contributed by atoms with van der Waals surface area (Å²) >= 11 is 0. The lowest BCUT2D eigenvalue weighted by Crippen LogP contribution is -2.18. The van der Waals surface area contributed by atoms with E-state index >= 15 is 0 Å². The Morgan fingerprint density at radius 2 is 2.26 bits per heavy atom. The van der Waals surface area contributed by atoms with Crippen molar-refractivity contribution in [2.24, 2.45) is 0 Å². The van der Waals surface area contributed by atoms with Crippen LogP contribution in [0.2, 0.25) is 0 Å². The van der Waals surface area contributed by atoms with Gasteiger partial charge >= 0.3 is 0 Å². The SMILES string of the molecule is CCCCc1ccoc1CC(=O)C(=O)c1nn[nH]n1. The zero-order chi connectivity index (χ0) is 13.7. The standard InChI is InChI=1S/C12H14N4O3/c1-2-3-4-8-5-6-19-10(8)7-9(17)11(18)12-13-15-16-14-12/h5-6H,2-4,7H2,1H3,(H,13,14,15,16). The minimum absolute atomic E-state index is 0.0700. The molecule has 0 saturated heterocycles. The Bertz CT molecular complexity index is 559. The first kappa shape index (κ1) is 13.1. The highest BCUT2D eigenvalue weighted by atomic mass is 16.3. The lowest BCUT2D eigenvalue weighted by atomic mass is 10.0. The number of nitrogens with zero attached hydrogens (tertiary/aromatic N) is 3. The van der Waals surface area contributed by atoms with Crippen LogP contribution < -0.4 is 0 Å². The molecule has 2 heterocycles. The Kier molecular flexibility index (Phi) is 4.17. The zero-order valence-electron chi connectivity index (χ0n) is 10.5. The fourth-order valence-electron chi connectivity index (χ4n) is 1.72. The van der Waals surface area contributed by atoms with Crippen LogP contribution in [0.15, 0.2) is 16.7 Å². The minimum atomic E-state index is -0.758. The number of ketones is 2. The molecule has 0 unspecified atom stereocenters. The molecule has 7 heteroatoms. The monoisotopic (exact) mass is 262 g/mol. The van der Waals surface area contributed by atoms with E-state index in [0.717, 1.165) is 24.8 Å². The highest BCUT2D eigenvalue weighted by Gasteiger charge is 2.22. The van der Waals surface area contributed by atoms with E-state index in [4.69, 9.17) is 4.42 Å². The van der Waals surface area contributed by atoms with Crippen LogP contribution in [-0.2, 0) is 17.6 Å². The number of carbonyl (C=O) groups is 2. The molecule has 100 valence electrons.